The van der Waals surface area contributed by atoms with Gasteiger partial charge in [0.05, 0.1) is 23.8 Å². The minimum atomic E-state index is 0.0411. The van der Waals surface area contributed by atoms with Gasteiger partial charge in [-0.3, -0.25) is 4.79 Å². The van der Waals surface area contributed by atoms with Gasteiger partial charge in [0.2, 0.25) is 5.91 Å². The van der Waals surface area contributed by atoms with E-state index >= 15 is 0 Å². The molecule has 1 unspecified atom stereocenters. The van der Waals surface area contributed by atoms with E-state index in [-0.39, 0.29) is 11.9 Å². The number of hydrogen-bond donors (Lipinski definition) is 1. The number of rotatable bonds is 3. The zero-order chi connectivity index (χ0) is 20.7. The summed E-state index contributed by atoms with van der Waals surface area (Å²) in [5.74, 6) is 2.51. The van der Waals surface area contributed by atoms with Crippen molar-refractivity contribution < 1.29 is 4.79 Å². The SMILES string of the molecule is Cc1cc(N2CCNC(=O)C2)nc(N2CCc3nc(-c4cscn4)ncc3C2C)c1. The Morgan fingerprint density at radius 1 is 1.17 bits per heavy atom. The molecule has 1 saturated heterocycles. The normalized spacial score (nSPS) is 18.9. The highest BCUT2D eigenvalue weighted by atomic mass is 32.1. The molecular weight excluding hydrogens is 398 g/mol. The fraction of sp³-hybridized carbons (Fsp3) is 0.381. The second kappa shape index (κ2) is 7.64. The van der Waals surface area contributed by atoms with Crippen LogP contribution in [-0.4, -0.2) is 52.0 Å². The van der Waals surface area contributed by atoms with Crippen LogP contribution in [-0.2, 0) is 11.2 Å². The molecule has 0 spiro atoms. The van der Waals surface area contributed by atoms with Crippen molar-refractivity contribution in [3.63, 3.8) is 0 Å². The van der Waals surface area contributed by atoms with Gasteiger partial charge in [0, 0.05) is 43.2 Å². The minimum absolute atomic E-state index is 0.0411. The van der Waals surface area contributed by atoms with Crippen LogP contribution in [0.15, 0.2) is 29.2 Å². The maximum atomic E-state index is 11.8. The lowest BCUT2D eigenvalue weighted by atomic mass is 9.99. The number of aryl methyl sites for hydroxylation is 1. The fourth-order valence-corrected chi connectivity index (χ4v) is 4.63. The first kappa shape index (κ1) is 18.9. The zero-order valence-electron chi connectivity index (χ0n) is 17.0. The quantitative estimate of drug-likeness (QED) is 0.695. The van der Waals surface area contributed by atoms with Crippen molar-refractivity contribution in [2.45, 2.75) is 26.3 Å². The second-order valence-electron chi connectivity index (χ2n) is 7.72. The molecule has 2 aliphatic heterocycles. The van der Waals surface area contributed by atoms with Crippen LogP contribution in [0.1, 0.15) is 29.8 Å². The molecule has 1 fully saturated rings. The van der Waals surface area contributed by atoms with Crippen LogP contribution < -0.4 is 15.1 Å². The number of amides is 1. The Balaban J connectivity index is 1.44. The van der Waals surface area contributed by atoms with E-state index in [0.717, 1.165) is 53.7 Å². The highest BCUT2D eigenvalue weighted by molar-refractivity contribution is 7.07. The lowest BCUT2D eigenvalue weighted by Crippen LogP contribution is -2.48. The molecule has 8 nitrogen and oxygen atoms in total. The van der Waals surface area contributed by atoms with E-state index in [1.54, 1.807) is 16.8 Å². The van der Waals surface area contributed by atoms with Crippen molar-refractivity contribution in [3.05, 3.63) is 46.0 Å². The van der Waals surface area contributed by atoms with Crippen molar-refractivity contribution in [2.75, 3.05) is 36.0 Å². The molecule has 30 heavy (non-hydrogen) atoms. The largest absolute Gasteiger partial charge is 0.353 e. The maximum absolute atomic E-state index is 11.8. The Bertz CT molecular complexity index is 1080. The van der Waals surface area contributed by atoms with Crippen LogP contribution in [0.5, 0.6) is 0 Å². The summed E-state index contributed by atoms with van der Waals surface area (Å²) in [5, 5.41) is 4.84. The fourth-order valence-electron chi connectivity index (χ4n) is 4.10. The first-order chi connectivity index (χ1) is 14.6. The average Bonchev–Trinajstić information content (AvgIpc) is 3.28. The van der Waals surface area contributed by atoms with E-state index in [2.05, 4.69) is 40.1 Å². The van der Waals surface area contributed by atoms with E-state index in [0.29, 0.717) is 18.9 Å². The molecule has 1 atom stereocenters. The third-order valence-electron chi connectivity index (χ3n) is 5.67. The number of carbonyl (C=O) groups is 1. The van der Waals surface area contributed by atoms with Crippen molar-refractivity contribution in [1.82, 2.24) is 25.3 Å². The van der Waals surface area contributed by atoms with Gasteiger partial charge in [-0.05, 0) is 31.5 Å². The average molecular weight is 422 g/mol. The van der Waals surface area contributed by atoms with Crippen molar-refractivity contribution >= 4 is 28.9 Å². The van der Waals surface area contributed by atoms with Gasteiger partial charge in [-0.1, -0.05) is 0 Å². The highest BCUT2D eigenvalue weighted by Gasteiger charge is 2.28. The van der Waals surface area contributed by atoms with Gasteiger partial charge < -0.3 is 15.1 Å². The zero-order valence-corrected chi connectivity index (χ0v) is 17.8. The van der Waals surface area contributed by atoms with E-state index in [1.165, 1.54) is 0 Å². The van der Waals surface area contributed by atoms with E-state index in [9.17, 15) is 4.79 Å². The number of fused-ring (bicyclic) bond motifs is 1. The minimum Gasteiger partial charge on any atom is -0.353 e. The van der Waals surface area contributed by atoms with Crippen LogP contribution in [0.3, 0.4) is 0 Å². The lowest BCUT2D eigenvalue weighted by molar-refractivity contribution is -0.120. The summed E-state index contributed by atoms with van der Waals surface area (Å²) in [6, 6.07) is 4.28. The molecule has 3 aromatic rings. The summed E-state index contributed by atoms with van der Waals surface area (Å²) in [6.45, 7) is 6.84. The van der Waals surface area contributed by atoms with E-state index in [4.69, 9.17) is 9.97 Å². The van der Waals surface area contributed by atoms with Crippen LogP contribution in [0.25, 0.3) is 11.5 Å². The van der Waals surface area contributed by atoms with Crippen LogP contribution in [0.2, 0.25) is 0 Å². The van der Waals surface area contributed by atoms with Gasteiger partial charge >= 0.3 is 0 Å². The molecule has 1 amide bonds. The standard InChI is InChI=1S/C21H23N7OS/c1-13-7-18(27-6-4-22-20(29)10-27)26-19(8-13)28-5-3-16-15(14(28)2)9-23-21(25-16)17-11-30-12-24-17/h7-9,11-12,14H,3-6,10H2,1-2H3,(H,22,29). The molecule has 0 aromatic carbocycles. The summed E-state index contributed by atoms with van der Waals surface area (Å²) >= 11 is 1.55. The van der Waals surface area contributed by atoms with Crippen LogP contribution in [0, 0.1) is 6.92 Å². The summed E-state index contributed by atoms with van der Waals surface area (Å²) < 4.78 is 0. The third kappa shape index (κ3) is 3.49. The molecule has 154 valence electrons. The molecule has 9 heteroatoms. The molecule has 5 rings (SSSR count). The highest BCUT2D eigenvalue weighted by Crippen LogP contribution is 2.33. The predicted molar refractivity (Wildman–Crippen MR) is 117 cm³/mol. The van der Waals surface area contributed by atoms with E-state index < -0.39 is 0 Å². The molecule has 1 N–H and O–H groups in total. The summed E-state index contributed by atoms with van der Waals surface area (Å²) in [6.07, 6.45) is 2.76. The number of pyridine rings is 1. The number of hydrogen-bond acceptors (Lipinski definition) is 8. The predicted octanol–water partition coefficient (Wildman–Crippen LogP) is 2.36. The van der Waals surface area contributed by atoms with Crippen molar-refractivity contribution in [3.8, 4) is 11.5 Å². The van der Waals surface area contributed by atoms with Gasteiger partial charge in [0.15, 0.2) is 5.82 Å². The van der Waals surface area contributed by atoms with Crippen LogP contribution >= 0.6 is 11.3 Å². The van der Waals surface area contributed by atoms with Gasteiger partial charge in [-0.15, -0.1) is 11.3 Å². The molecule has 2 aliphatic rings. The molecule has 3 aromatic heterocycles. The Hall–Kier alpha value is -3.07. The molecular formula is C21H23N7OS. The summed E-state index contributed by atoms with van der Waals surface area (Å²) in [4.78, 5) is 34.7. The van der Waals surface area contributed by atoms with Crippen molar-refractivity contribution in [1.29, 1.82) is 0 Å². The monoisotopic (exact) mass is 421 g/mol. The number of anilines is 2. The Kier molecular flexibility index (Phi) is 4.82. The van der Waals surface area contributed by atoms with Gasteiger partial charge in [0.25, 0.3) is 0 Å². The van der Waals surface area contributed by atoms with Gasteiger partial charge in [-0.25, -0.2) is 19.9 Å². The van der Waals surface area contributed by atoms with Crippen molar-refractivity contribution in [2.24, 2.45) is 0 Å². The first-order valence-corrected chi connectivity index (χ1v) is 11.0. The smallest absolute Gasteiger partial charge is 0.239 e. The summed E-state index contributed by atoms with van der Waals surface area (Å²) in [5.41, 5.74) is 5.97. The number of carbonyl (C=O) groups excluding carboxylic acids is 1. The number of thiazole rings is 1. The second-order valence-corrected chi connectivity index (χ2v) is 8.44. The summed E-state index contributed by atoms with van der Waals surface area (Å²) in [7, 11) is 0. The number of piperazine rings is 1. The number of aromatic nitrogens is 4. The number of nitrogens with one attached hydrogen (secondary N) is 1. The van der Waals surface area contributed by atoms with E-state index in [1.807, 2.05) is 22.5 Å². The molecule has 0 bridgehead atoms. The molecule has 0 saturated carbocycles. The van der Waals surface area contributed by atoms with Gasteiger partial charge in [0.1, 0.15) is 17.3 Å². The topological polar surface area (TPSA) is 87.1 Å². The molecule has 0 radical (unpaired) electrons. The maximum Gasteiger partial charge on any atom is 0.239 e. The van der Waals surface area contributed by atoms with Gasteiger partial charge in [-0.2, -0.15) is 0 Å². The first-order valence-electron chi connectivity index (χ1n) is 10.1. The Labute approximate surface area is 179 Å². The lowest BCUT2D eigenvalue weighted by Gasteiger charge is -2.36. The Morgan fingerprint density at radius 3 is 2.83 bits per heavy atom. The Morgan fingerprint density at radius 2 is 2.03 bits per heavy atom. The third-order valence-corrected chi connectivity index (χ3v) is 6.25. The number of nitrogens with zero attached hydrogens (tertiary/aromatic N) is 6. The van der Waals surface area contributed by atoms with Crippen LogP contribution in [0.4, 0.5) is 11.6 Å². The molecule has 0 aliphatic carbocycles. The molecule has 5 heterocycles.